The van der Waals surface area contributed by atoms with Crippen LogP contribution in [0.1, 0.15) is 11.1 Å². The van der Waals surface area contributed by atoms with Crippen molar-refractivity contribution >= 4 is 11.8 Å². The summed E-state index contributed by atoms with van der Waals surface area (Å²) in [6, 6.07) is 24.2. The topological polar surface area (TPSA) is 27.7 Å². The van der Waals surface area contributed by atoms with E-state index in [-0.39, 0.29) is 0 Å². The summed E-state index contributed by atoms with van der Waals surface area (Å²) in [6.07, 6.45) is 0. The van der Waals surface area contributed by atoms with Gasteiger partial charge in [0.15, 0.2) is 0 Å². The minimum Gasteiger partial charge on any atom is -0.497 e. The van der Waals surface area contributed by atoms with Crippen molar-refractivity contribution in [2.45, 2.75) is 9.83 Å². The molecule has 3 nitrogen and oxygen atoms in total. The highest BCUT2D eigenvalue weighted by molar-refractivity contribution is 8.00. The number of ether oxygens (including phenoxy) is 3. The molecule has 0 bridgehead atoms. The average molecular weight is 350 g/mol. The Morgan fingerprint density at radius 1 is 0.840 bits per heavy atom. The number of methoxy groups -OCH3 is 2. The third-order valence-electron chi connectivity index (χ3n) is 4.27. The molecule has 0 saturated heterocycles. The van der Waals surface area contributed by atoms with E-state index in [9.17, 15) is 0 Å². The summed E-state index contributed by atoms with van der Waals surface area (Å²) in [5, 5.41) is 0. The summed E-state index contributed by atoms with van der Waals surface area (Å²) in [5.74, 6) is 2.38. The zero-order chi connectivity index (χ0) is 17.3. The largest absolute Gasteiger partial charge is 0.497 e. The van der Waals surface area contributed by atoms with E-state index in [4.69, 9.17) is 14.2 Å². The van der Waals surface area contributed by atoms with Crippen molar-refractivity contribution in [2.24, 2.45) is 0 Å². The monoisotopic (exact) mass is 350 g/mol. The van der Waals surface area contributed by atoms with Gasteiger partial charge in [-0.15, -0.1) is 0 Å². The maximum absolute atomic E-state index is 6.52. The van der Waals surface area contributed by atoms with Gasteiger partial charge in [0.2, 0.25) is 4.93 Å². The second-order valence-corrected chi connectivity index (χ2v) is 6.92. The minimum absolute atomic E-state index is 0.692. The van der Waals surface area contributed by atoms with Crippen LogP contribution in [-0.4, -0.2) is 14.2 Å². The lowest BCUT2D eigenvalue weighted by Crippen LogP contribution is -2.28. The van der Waals surface area contributed by atoms with E-state index in [0.717, 1.165) is 33.3 Å². The highest BCUT2D eigenvalue weighted by Crippen LogP contribution is 2.58. The van der Waals surface area contributed by atoms with E-state index < -0.39 is 4.93 Å². The van der Waals surface area contributed by atoms with Gasteiger partial charge in [-0.1, -0.05) is 54.2 Å². The first-order valence-corrected chi connectivity index (χ1v) is 8.83. The van der Waals surface area contributed by atoms with Crippen LogP contribution < -0.4 is 14.2 Å². The lowest BCUT2D eigenvalue weighted by atomic mass is 9.99. The van der Waals surface area contributed by atoms with Crippen LogP contribution in [0.2, 0.25) is 0 Å². The molecule has 0 aromatic heterocycles. The Morgan fingerprint density at radius 3 is 2.32 bits per heavy atom. The van der Waals surface area contributed by atoms with Gasteiger partial charge in [0.1, 0.15) is 17.2 Å². The van der Waals surface area contributed by atoms with Crippen LogP contribution in [0, 0.1) is 0 Å². The van der Waals surface area contributed by atoms with Crippen molar-refractivity contribution < 1.29 is 14.2 Å². The van der Waals surface area contributed by atoms with Crippen molar-refractivity contribution in [3.05, 3.63) is 83.9 Å². The van der Waals surface area contributed by atoms with Crippen LogP contribution in [-0.2, 0) is 4.93 Å². The maximum atomic E-state index is 6.52. The Hall–Kier alpha value is -2.59. The summed E-state index contributed by atoms with van der Waals surface area (Å²) < 4.78 is 17.5. The molecular formula is C21H18O3S. The zero-order valence-electron chi connectivity index (χ0n) is 14.1. The lowest BCUT2D eigenvalue weighted by molar-refractivity contribution is 0.212. The maximum Gasteiger partial charge on any atom is 0.214 e. The first kappa shape index (κ1) is 15.9. The van der Waals surface area contributed by atoms with E-state index in [0.29, 0.717) is 0 Å². The predicted molar refractivity (Wildman–Crippen MR) is 99.7 cm³/mol. The highest BCUT2D eigenvalue weighted by Gasteiger charge is 2.45. The molecule has 4 heteroatoms. The van der Waals surface area contributed by atoms with Gasteiger partial charge in [-0.2, -0.15) is 0 Å². The normalized spacial score (nSPS) is 18.3. The molecule has 0 radical (unpaired) electrons. The number of hydrogen-bond donors (Lipinski definition) is 0. The van der Waals surface area contributed by atoms with Crippen LogP contribution in [0.4, 0.5) is 0 Å². The summed E-state index contributed by atoms with van der Waals surface area (Å²) in [6.45, 7) is 0. The molecule has 1 heterocycles. The molecule has 3 aromatic rings. The molecule has 0 spiro atoms. The smallest absolute Gasteiger partial charge is 0.214 e. The van der Waals surface area contributed by atoms with E-state index >= 15 is 0 Å². The van der Waals surface area contributed by atoms with Gasteiger partial charge in [0.05, 0.1) is 24.7 Å². The first-order valence-electron chi connectivity index (χ1n) is 8.02. The summed E-state index contributed by atoms with van der Waals surface area (Å²) in [4.78, 5) is 0.423. The van der Waals surface area contributed by atoms with Gasteiger partial charge in [0, 0.05) is 11.6 Å². The molecule has 4 rings (SSSR count). The van der Waals surface area contributed by atoms with Crippen molar-refractivity contribution in [1.82, 2.24) is 0 Å². The number of fused-ring (bicyclic) bond motifs is 1. The second-order valence-electron chi connectivity index (χ2n) is 5.70. The van der Waals surface area contributed by atoms with Crippen LogP contribution >= 0.6 is 11.8 Å². The van der Waals surface area contributed by atoms with E-state index in [2.05, 4.69) is 18.2 Å². The molecule has 0 fully saturated rings. The van der Waals surface area contributed by atoms with Gasteiger partial charge in [-0.25, -0.2) is 0 Å². The number of rotatable bonds is 4. The first-order chi connectivity index (χ1) is 12.3. The molecule has 1 unspecified atom stereocenters. The molecule has 0 aliphatic carbocycles. The fourth-order valence-electron chi connectivity index (χ4n) is 3.06. The van der Waals surface area contributed by atoms with Crippen LogP contribution in [0.5, 0.6) is 17.2 Å². The molecule has 1 aliphatic heterocycles. The molecule has 0 N–H and O–H groups in total. The third-order valence-corrected chi connectivity index (χ3v) is 5.66. The van der Waals surface area contributed by atoms with Gasteiger partial charge in [-0.05, 0) is 24.3 Å². The molecular weight excluding hydrogens is 332 g/mol. The third kappa shape index (κ3) is 2.63. The Bertz CT molecular complexity index is 868. The summed E-state index contributed by atoms with van der Waals surface area (Å²) in [5.41, 5.74) is 2.03. The Kier molecular flexibility index (Phi) is 4.06. The molecule has 0 amide bonds. The predicted octanol–water partition coefficient (Wildman–Crippen LogP) is 5.09. The number of hydrogen-bond acceptors (Lipinski definition) is 4. The van der Waals surface area contributed by atoms with Gasteiger partial charge in [-0.3, -0.25) is 0 Å². The molecule has 25 heavy (non-hydrogen) atoms. The minimum atomic E-state index is -0.692. The van der Waals surface area contributed by atoms with Gasteiger partial charge < -0.3 is 14.2 Å². The summed E-state index contributed by atoms with van der Waals surface area (Å²) in [7, 11) is 3.32. The molecule has 1 atom stereocenters. The van der Waals surface area contributed by atoms with E-state index in [1.807, 2.05) is 54.6 Å². The van der Waals surface area contributed by atoms with Crippen LogP contribution in [0.25, 0.3) is 0 Å². The molecule has 3 aromatic carbocycles. The summed E-state index contributed by atoms with van der Waals surface area (Å²) >= 11 is 1.69. The fourth-order valence-corrected chi connectivity index (χ4v) is 4.39. The molecule has 0 saturated carbocycles. The number of benzene rings is 3. The van der Waals surface area contributed by atoms with Crippen molar-refractivity contribution in [2.75, 3.05) is 14.2 Å². The quantitative estimate of drug-likeness (QED) is 0.655. The molecule has 1 aliphatic rings. The number of para-hydroxylation sites is 1. The van der Waals surface area contributed by atoms with Crippen LogP contribution in [0.3, 0.4) is 0 Å². The van der Waals surface area contributed by atoms with Crippen molar-refractivity contribution in [1.29, 1.82) is 0 Å². The van der Waals surface area contributed by atoms with E-state index in [1.165, 1.54) is 0 Å². The van der Waals surface area contributed by atoms with Crippen LogP contribution in [0.15, 0.2) is 77.7 Å². The lowest BCUT2D eigenvalue weighted by Gasteiger charge is -2.30. The van der Waals surface area contributed by atoms with E-state index in [1.54, 1.807) is 26.0 Å². The standard InChI is InChI=1S/C21H18O3S/c1-22-16-12-13-17(19(14-16)23-2)21(15-8-4-3-5-9-15)24-18-10-6-7-11-20(18)25-21/h3-14H,1-2H3. The fraction of sp³-hybridized carbons (Fsp3) is 0.143. The zero-order valence-corrected chi connectivity index (χ0v) is 14.9. The number of thioether (sulfide) groups is 1. The highest BCUT2D eigenvalue weighted by atomic mass is 32.2. The van der Waals surface area contributed by atoms with Crippen molar-refractivity contribution in [3.8, 4) is 17.2 Å². The SMILES string of the molecule is COc1ccc(C2(c3ccccc3)Oc3ccccc3S2)c(OC)c1. The van der Waals surface area contributed by atoms with Gasteiger partial charge in [0.25, 0.3) is 0 Å². The Balaban J connectivity index is 1.92. The average Bonchev–Trinajstić information content (AvgIpc) is 3.08. The van der Waals surface area contributed by atoms with Crippen molar-refractivity contribution in [3.63, 3.8) is 0 Å². The molecule has 126 valence electrons. The Morgan fingerprint density at radius 2 is 1.60 bits per heavy atom. The second kappa shape index (κ2) is 6.37. The Labute approximate surface area is 151 Å². The van der Waals surface area contributed by atoms with Gasteiger partial charge >= 0.3 is 0 Å².